The average Bonchev–Trinajstić information content (AvgIpc) is 2.37. The molecule has 0 aliphatic rings. The highest BCUT2D eigenvalue weighted by Crippen LogP contribution is 2.14. The van der Waals surface area contributed by atoms with E-state index in [1.165, 1.54) is 6.42 Å². The summed E-state index contributed by atoms with van der Waals surface area (Å²) in [5, 5.41) is 0. The molecule has 0 fully saturated rings. The maximum atomic E-state index is 11.2. The van der Waals surface area contributed by atoms with E-state index in [0.29, 0.717) is 19.8 Å². The third-order valence-corrected chi connectivity index (χ3v) is 5.77. The molecule has 120 valence electrons. The average molecular weight is 369 g/mol. The molecule has 0 rings (SSSR count). The van der Waals surface area contributed by atoms with Gasteiger partial charge in [-0.05, 0) is 38.9 Å². The second-order valence-electron chi connectivity index (χ2n) is 5.46. The topological polar surface area (TPSA) is 44.8 Å². The lowest BCUT2D eigenvalue weighted by atomic mass is 10.4. The van der Waals surface area contributed by atoms with Crippen molar-refractivity contribution >= 4 is 30.2 Å². The van der Waals surface area contributed by atoms with Gasteiger partial charge in [-0.1, -0.05) is 29.3 Å². The number of hydrogen-bond acceptors (Lipinski definition) is 4. The molecule has 0 amide bonds. The Labute approximate surface area is 132 Å². The van der Waals surface area contributed by atoms with E-state index >= 15 is 0 Å². The molecule has 4 nitrogen and oxygen atoms in total. The van der Waals surface area contributed by atoms with Gasteiger partial charge in [0.25, 0.3) is 0 Å². The third kappa shape index (κ3) is 11.9. The first-order valence-corrected chi connectivity index (χ1v) is 11.4. The van der Waals surface area contributed by atoms with Crippen molar-refractivity contribution in [2.45, 2.75) is 57.1 Å². The largest absolute Gasteiger partial charge is 0.462 e. The predicted molar refractivity (Wildman–Crippen MR) is 87.9 cm³/mol. The first kappa shape index (κ1) is 20.1. The molecule has 20 heavy (non-hydrogen) atoms. The number of alkyl halides is 1. The van der Waals surface area contributed by atoms with Gasteiger partial charge in [0.15, 0.2) is 8.32 Å². The van der Waals surface area contributed by atoms with Crippen molar-refractivity contribution in [3.05, 3.63) is 0 Å². The Morgan fingerprint density at radius 2 is 1.85 bits per heavy atom. The number of esters is 1. The summed E-state index contributed by atoms with van der Waals surface area (Å²) in [7, 11) is -1.51. The van der Waals surface area contributed by atoms with Crippen molar-refractivity contribution in [2.24, 2.45) is 0 Å². The summed E-state index contributed by atoms with van der Waals surface area (Å²) in [5.74, 6) is -0.244. The molecule has 1 unspecified atom stereocenters. The van der Waals surface area contributed by atoms with E-state index in [4.69, 9.17) is 13.9 Å². The molecule has 0 N–H and O–H groups in total. The monoisotopic (exact) mass is 368 g/mol. The van der Waals surface area contributed by atoms with Crippen molar-refractivity contribution in [3.63, 3.8) is 0 Å². The molecule has 0 aromatic heterocycles. The normalized spacial score (nSPS) is 13.2. The van der Waals surface area contributed by atoms with Crippen molar-refractivity contribution in [2.75, 3.05) is 26.4 Å². The van der Waals surface area contributed by atoms with E-state index in [-0.39, 0.29) is 10.8 Å². The summed E-state index contributed by atoms with van der Waals surface area (Å²) in [6.45, 7) is 10.8. The van der Waals surface area contributed by atoms with Gasteiger partial charge in [0.2, 0.25) is 0 Å². The van der Waals surface area contributed by atoms with Gasteiger partial charge in [0, 0.05) is 13.2 Å². The summed E-state index contributed by atoms with van der Waals surface area (Å²) in [4.78, 5) is 10.9. The number of ether oxygens (including phenoxy) is 2. The minimum atomic E-state index is -1.51. The molecular formula is C14H29BrO4Si. The Morgan fingerprint density at radius 1 is 1.15 bits per heavy atom. The fraction of sp³-hybridized carbons (Fsp3) is 0.929. The summed E-state index contributed by atoms with van der Waals surface area (Å²) >= 11 is 3.16. The standard InChI is InChI=1S/C14H29BrO4Si/c1-5-6-9-19-20(3,4)12-7-8-17-10-11-18-14(16)13(2)15/h13H,5-12H2,1-4H3. The molecule has 0 saturated carbocycles. The van der Waals surface area contributed by atoms with Crippen LogP contribution in [0.15, 0.2) is 0 Å². The Bertz CT molecular complexity index is 260. The fourth-order valence-corrected chi connectivity index (χ4v) is 3.55. The van der Waals surface area contributed by atoms with Crippen LogP contribution in [0.25, 0.3) is 0 Å². The molecule has 0 radical (unpaired) electrons. The first-order valence-electron chi connectivity index (χ1n) is 7.41. The van der Waals surface area contributed by atoms with Gasteiger partial charge in [-0.15, -0.1) is 0 Å². The smallest absolute Gasteiger partial charge is 0.319 e. The van der Waals surface area contributed by atoms with Crippen LogP contribution in [0.4, 0.5) is 0 Å². The van der Waals surface area contributed by atoms with Gasteiger partial charge in [0.05, 0.1) is 6.61 Å². The van der Waals surface area contributed by atoms with Gasteiger partial charge in [0.1, 0.15) is 11.4 Å². The minimum Gasteiger partial charge on any atom is -0.462 e. The van der Waals surface area contributed by atoms with Gasteiger partial charge in [-0.3, -0.25) is 4.79 Å². The van der Waals surface area contributed by atoms with Crippen molar-refractivity contribution in [3.8, 4) is 0 Å². The number of unbranched alkanes of at least 4 members (excludes halogenated alkanes) is 1. The van der Waals surface area contributed by atoms with E-state index < -0.39 is 8.32 Å². The molecule has 0 aromatic carbocycles. The lowest BCUT2D eigenvalue weighted by molar-refractivity contribution is -0.144. The number of halogens is 1. The molecule has 6 heteroatoms. The van der Waals surface area contributed by atoms with E-state index in [2.05, 4.69) is 35.9 Å². The van der Waals surface area contributed by atoms with Gasteiger partial charge >= 0.3 is 5.97 Å². The number of rotatable bonds is 12. The predicted octanol–water partition coefficient (Wildman–Crippen LogP) is 3.74. The molecule has 0 heterocycles. The Kier molecular flexibility index (Phi) is 11.8. The van der Waals surface area contributed by atoms with Crippen molar-refractivity contribution in [1.29, 1.82) is 0 Å². The second-order valence-corrected chi connectivity index (χ2v) is 11.1. The van der Waals surface area contributed by atoms with Crippen LogP contribution in [0.1, 0.15) is 33.1 Å². The summed E-state index contributed by atoms with van der Waals surface area (Å²) in [5.41, 5.74) is 0. The van der Waals surface area contributed by atoms with Crippen molar-refractivity contribution in [1.82, 2.24) is 0 Å². The van der Waals surface area contributed by atoms with Gasteiger partial charge < -0.3 is 13.9 Å². The number of carbonyl (C=O) groups excluding carboxylic acids is 1. The Hall–Kier alpha value is 0.0869. The van der Waals surface area contributed by atoms with Gasteiger partial charge in [-0.2, -0.15) is 0 Å². The quantitative estimate of drug-likeness (QED) is 0.228. The van der Waals surface area contributed by atoms with Crippen LogP contribution in [0, 0.1) is 0 Å². The molecule has 0 bridgehead atoms. The third-order valence-electron chi connectivity index (χ3n) is 2.85. The lowest BCUT2D eigenvalue weighted by Gasteiger charge is -2.22. The van der Waals surface area contributed by atoms with Crippen LogP contribution < -0.4 is 0 Å². The van der Waals surface area contributed by atoms with Crippen LogP contribution in [0.5, 0.6) is 0 Å². The minimum absolute atomic E-state index is 0.244. The van der Waals surface area contributed by atoms with E-state index in [0.717, 1.165) is 25.5 Å². The maximum Gasteiger partial charge on any atom is 0.319 e. The SMILES string of the molecule is CCCCO[Si](C)(C)CCCOCCOC(=O)C(C)Br. The van der Waals surface area contributed by atoms with Crippen LogP contribution in [0.2, 0.25) is 19.1 Å². The highest BCUT2D eigenvalue weighted by molar-refractivity contribution is 9.10. The molecule has 0 spiro atoms. The summed E-state index contributed by atoms with van der Waals surface area (Å²) in [6.07, 6.45) is 3.33. The zero-order chi connectivity index (χ0) is 15.4. The summed E-state index contributed by atoms with van der Waals surface area (Å²) in [6, 6.07) is 1.11. The van der Waals surface area contributed by atoms with Crippen molar-refractivity contribution < 1.29 is 18.7 Å². The van der Waals surface area contributed by atoms with E-state index in [1.807, 2.05) is 0 Å². The molecule has 0 saturated heterocycles. The molecular weight excluding hydrogens is 340 g/mol. The second kappa shape index (κ2) is 11.7. The lowest BCUT2D eigenvalue weighted by Crippen LogP contribution is -2.31. The first-order chi connectivity index (χ1) is 9.39. The Morgan fingerprint density at radius 3 is 2.45 bits per heavy atom. The molecule has 0 aliphatic carbocycles. The number of hydrogen-bond donors (Lipinski definition) is 0. The van der Waals surface area contributed by atoms with Gasteiger partial charge in [-0.25, -0.2) is 0 Å². The highest BCUT2D eigenvalue weighted by atomic mass is 79.9. The number of carbonyl (C=O) groups is 1. The fourth-order valence-electron chi connectivity index (χ4n) is 1.58. The molecule has 1 atom stereocenters. The highest BCUT2D eigenvalue weighted by Gasteiger charge is 2.21. The molecule has 0 aliphatic heterocycles. The van der Waals surface area contributed by atoms with E-state index in [1.54, 1.807) is 6.92 Å². The zero-order valence-corrected chi connectivity index (χ0v) is 15.8. The zero-order valence-electron chi connectivity index (χ0n) is 13.2. The van der Waals surface area contributed by atoms with Crippen LogP contribution in [-0.2, 0) is 18.7 Å². The Balaban J connectivity index is 3.45. The molecule has 0 aromatic rings. The summed E-state index contributed by atoms with van der Waals surface area (Å²) < 4.78 is 16.4. The van der Waals surface area contributed by atoms with Crippen LogP contribution in [-0.4, -0.2) is 45.5 Å². The van der Waals surface area contributed by atoms with E-state index in [9.17, 15) is 4.79 Å². The van der Waals surface area contributed by atoms with Crippen LogP contribution in [0.3, 0.4) is 0 Å². The maximum absolute atomic E-state index is 11.2. The van der Waals surface area contributed by atoms with Crippen LogP contribution >= 0.6 is 15.9 Å².